The second-order valence-corrected chi connectivity index (χ2v) is 8.26. The van der Waals surface area contributed by atoms with Crippen LogP contribution in [0.2, 0.25) is 0 Å². The van der Waals surface area contributed by atoms with E-state index in [9.17, 15) is 0 Å². The number of nitrogens with zero attached hydrogens (tertiary/aromatic N) is 6. The van der Waals surface area contributed by atoms with E-state index in [-0.39, 0.29) is 5.60 Å². The Hall–Kier alpha value is -2.58. The number of likely N-dealkylation sites (tertiary alicyclic amines) is 1. The van der Waals surface area contributed by atoms with Gasteiger partial charge in [0.05, 0.1) is 12.2 Å². The third-order valence-electron chi connectivity index (χ3n) is 6.13. The predicted molar refractivity (Wildman–Crippen MR) is 101 cm³/mol. The number of nitrogens with one attached hydrogen (secondary N) is 1. The first-order chi connectivity index (χ1) is 13.8. The molecule has 28 heavy (non-hydrogen) atoms. The van der Waals surface area contributed by atoms with Gasteiger partial charge >= 0.3 is 0 Å². The maximum Gasteiger partial charge on any atom is 0.184 e. The summed E-state index contributed by atoms with van der Waals surface area (Å²) in [5.41, 5.74) is 3.02. The van der Waals surface area contributed by atoms with Gasteiger partial charge < -0.3 is 9.30 Å². The lowest BCUT2D eigenvalue weighted by atomic mass is 10.0. The molecule has 0 amide bonds. The van der Waals surface area contributed by atoms with Crippen molar-refractivity contribution in [2.45, 2.75) is 50.5 Å². The van der Waals surface area contributed by atoms with Crippen molar-refractivity contribution in [1.82, 2.24) is 34.8 Å². The van der Waals surface area contributed by atoms with E-state index >= 15 is 0 Å². The highest BCUT2D eigenvalue weighted by atomic mass is 16.5. The third kappa shape index (κ3) is 2.84. The average Bonchev–Trinajstić information content (AvgIpc) is 3.13. The van der Waals surface area contributed by atoms with Crippen molar-refractivity contribution < 1.29 is 4.74 Å². The maximum atomic E-state index is 6.31. The van der Waals surface area contributed by atoms with Gasteiger partial charge in [-0.3, -0.25) is 15.0 Å². The van der Waals surface area contributed by atoms with Crippen molar-refractivity contribution in [3.05, 3.63) is 47.7 Å². The van der Waals surface area contributed by atoms with E-state index in [2.05, 4.69) is 47.0 Å². The summed E-state index contributed by atoms with van der Waals surface area (Å²) < 4.78 is 8.52. The van der Waals surface area contributed by atoms with Gasteiger partial charge in [0.15, 0.2) is 11.6 Å². The zero-order chi connectivity index (χ0) is 18.6. The van der Waals surface area contributed by atoms with Gasteiger partial charge in [-0.05, 0) is 37.5 Å². The molecule has 6 rings (SSSR count). The summed E-state index contributed by atoms with van der Waals surface area (Å²) >= 11 is 0. The lowest BCUT2D eigenvalue weighted by molar-refractivity contribution is -0.0822. The molecule has 2 fully saturated rings. The molecule has 1 saturated carbocycles. The Morgan fingerprint density at radius 1 is 1.21 bits per heavy atom. The van der Waals surface area contributed by atoms with Gasteiger partial charge in [0.25, 0.3) is 0 Å². The molecule has 2 aliphatic heterocycles. The first-order valence-corrected chi connectivity index (χ1v) is 10.0. The average molecular weight is 377 g/mol. The highest BCUT2D eigenvalue weighted by Gasteiger charge is 2.43. The van der Waals surface area contributed by atoms with Crippen LogP contribution in [-0.4, -0.2) is 53.5 Å². The van der Waals surface area contributed by atoms with Crippen molar-refractivity contribution >= 4 is 0 Å². The Bertz CT molecular complexity index is 993. The number of hydrogen-bond donors (Lipinski definition) is 1. The second kappa shape index (κ2) is 6.22. The van der Waals surface area contributed by atoms with Crippen LogP contribution in [0.25, 0.3) is 11.5 Å². The highest BCUT2D eigenvalue weighted by molar-refractivity contribution is 5.51. The summed E-state index contributed by atoms with van der Waals surface area (Å²) in [6.45, 7) is 4.05. The van der Waals surface area contributed by atoms with Crippen LogP contribution in [0.3, 0.4) is 0 Å². The van der Waals surface area contributed by atoms with Gasteiger partial charge in [-0.2, -0.15) is 5.10 Å². The molecular weight excluding hydrogens is 354 g/mol. The Labute approximate surface area is 162 Å². The Morgan fingerprint density at radius 2 is 2.18 bits per heavy atom. The minimum absolute atomic E-state index is 0.186. The third-order valence-corrected chi connectivity index (χ3v) is 6.13. The molecule has 0 radical (unpaired) electrons. The Balaban J connectivity index is 1.22. The minimum atomic E-state index is -0.186. The molecule has 5 heterocycles. The van der Waals surface area contributed by atoms with Crippen LogP contribution in [0.15, 0.2) is 30.5 Å². The second-order valence-electron chi connectivity index (χ2n) is 8.26. The molecule has 1 unspecified atom stereocenters. The van der Waals surface area contributed by atoms with Crippen LogP contribution in [0.4, 0.5) is 0 Å². The fraction of sp³-hybridized carbons (Fsp3) is 0.500. The van der Waals surface area contributed by atoms with Gasteiger partial charge in [0, 0.05) is 37.4 Å². The predicted octanol–water partition coefficient (Wildman–Crippen LogP) is 2.12. The van der Waals surface area contributed by atoms with Crippen LogP contribution < -0.4 is 0 Å². The summed E-state index contributed by atoms with van der Waals surface area (Å²) in [6, 6.07) is 8.22. The van der Waals surface area contributed by atoms with Crippen molar-refractivity contribution in [2.24, 2.45) is 0 Å². The molecule has 0 aromatic carbocycles. The largest absolute Gasteiger partial charge is 0.364 e. The monoisotopic (exact) mass is 377 g/mol. The molecule has 144 valence electrons. The summed E-state index contributed by atoms with van der Waals surface area (Å²) in [6.07, 6.45) is 5.36. The van der Waals surface area contributed by atoms with E-state index in [1.165, 1.54) is 18.5 Å². The van der Waals surface area contributed by atoms with Crippen molar-refractivity contribution in [1.29, 1.82) is 0 Å². The van der Waals surface area contributed by atoms with Gasteiger partial charge in [0.1, 0.15) is 17.9 Å². The lowest BCUT2D eigenvalue weighted by Crippen LogP contribution is -2.44. The number of H-pyrrole nitrogens is 1. The summed E-state index contributed by atoms with van der Waals surface area (Å²) in [5, 5.41) is 16.5. The van der Waals surface area contributed by atoms with Crippen LogP contribution in [0, 0.1) is 0 Å². The Morgan fingerprint density at radius 3 is 3.04 bits per heavy atom. The van der Waals surface area contributed by atoms with E-state index in [1.54, 1.807) is 0 Å². The molecule has 3 aromatic heterocycles. The fourth-order valence-electron chi connectivity index (χ4n) is 4.43. The summed E-state index contributed by atoms with van der Waals surface area (Å²) in [5.74, 6) is 2.39. The van der Waals surface area contributed by atoms with E-state index in [1.807, 2.05) is 18.3 Å². The van der Waals surface area contributed by atoms with Crippen molar-refractivity contribution in [3.63, 3.8) is 0 Å². The molecule has 1 atom stereocenters. The van der Waals surface area contributed by atoms with Gasteiger partial charge in [0.2, 0.25) is 0 Å². The zero-order valence-corrected chi connectivity index (χ0v) is 15.7. The molecule has 0 bridgehead atoms. The zero-order valence-electron chi connectivity index (χ0n) is 15.7. The quantitative estimate of drug-likeness (QED) is 0.750. The minimum Gasteiger partial charge on any atom is -0.364 e. The standard InChI is InChI=1S/C20H23N7O/c1-2-7-21-15(3-1)10-26-8-6-20(12-26)13-27-18(11-28-20)24-25-19(27)17-9-16(22-23-17)14-4-5-14/h1-3,7,9,14H,4-6,8,10-13H2,(H,22,23). The molecule has 3 aliphatic rings. The maximum absolute atomic E-state index is 6.31. The number of hydrogen-bond acceptors (Lipinski definition) is 6. The summed E-state index contributed by atoms with van der Waals surface area (Å²) in [4.78, 5) is 6.89. The molecular formula is C20H23N7O. The fourth-order valence-corrected chi connectivity index (χ4v) is 4.43. The van der Waals surface area contributed by atoms with E-state index in [4.69, 9.17) is 4.74 Å². The first-order valence-electron chi connectivity index (χ1n) is 10.0. The van der Waals surface area contributed by atoms with Crippen LogP contribution in [-0.2, 0) is 24.4 Å². The highest BCUT2D eigenvalue weighted by Crippen LogP contribution is 2.40. The van der Waals surface area contributed by atoms with Gasteiger partial charge in [-0.1, -0.05) is 6.07 Å². The molecule has 3 aromatic rings. The number of aromatic nitrogens is 6. The number of rotatable bonds is 4. The molecule has 1 N–H and O–H groups in total. The molecule has 1 spiro atoms. The Kier molecular flexibility index (Phi) is 3.64. The first kappa shape index (κ1) is 16.4. The van der Waals surface area contributed by atoms with Crippen LogP contribution in [0.1, 0.15) is 42.4 Å². The number of ether oxygens (including phenoxy) is 1. The van der Waals surface area contributed by atoms with Crippen LogP contribution >= 0.6 is 0 Å². The molecule has 1 aliphatic carbocycles. The SMILES string of the molecule is c1ccc(CN2CCC3(C2)Cn2c(nnc2-c2cc(C4CC4)[nH]n2)CO3)nc1. The van der Waals surface area contributed by atoms with Crippen LogP contribution in [0.5, 0.6) is 0 Å². The van der Waals surface area contributed by atoms with Crippen molar-refractivity contribution in [2.75, 3.05) is 13.1 Å². The lowest BCUT2D eigenvalue weighted by Gasteiger charge is -2.34. The number of fused-ring (bicyclic) bond motifs is 1. The van der Waals surface area contributed by atoms with E-state index in [0.717, 1.165) is 55.6 Å². The smallest absolute Gasteiger partial charge is 0.184 e. The normalized spacial score (nSPS) is 24.7. The number of pyridine rings is 1. The summed E-state index contributed by atoms with van der Waals surface area (Å²) in [7, 11) is 0. The number of aromatic amines is 1. The van der Waals surface area contributed by atoms with Gasteiger partial charge in [-0.25, -0.2) is 0 Å². The van der Waals surface area contributed by atoms with Gasteiger partial charge in [-0.15, -0.1) is 10.2 Å². The van der Waals surface area contributed by atoms with E-state index in [0.29, 0.717) is 12.5 Å². The molecule has 8 nitrogen and oxygen atoms in total. The topological polar surface area (TPSA) is 84.8 Å². The molecule has 8 heteroatoms. The molecule has 1 saturated heterocycles. The van der Waals surface area contributed by atoms with Crippen molar-refractivity contribution in [3.8, 4) is 11.5 Å². The van der Waals surface area contributed by atoms with E-state index < -0.39 is 0 Å².